The molecule has 0 saturated carbocycles. The maximum Gasteiger partial charge on any atom is 0.408 e. The number of carbonyl (C=O) groups excluding carboxylic acids is 2. The highest BCUT2D eigenvalue weighted by molar-refractivity contribution is 5.86. The van der Waals surface area contributed by atoms with Crippen molar-refractivity contribution in [3.05, 3.63) is 71.8 Å². The number of carbonyl (C=O) groups is 4. The highest BCUT2D eigenvalue weighted by atomic mass is 16.5. The van der Waals surface area contributed by atoms with Gasteiger partial charge in [-0.05, 0) is 11.1 Å². The van der Waals surface area contributed by atoms with Gasteiger partial charge in [-0.2, -0.15) is 0 Å². The average Bonchev–Trinajstić information content (AvgIpc) is 2.67. The van der Waals surface area contributed by atoms with Crippen molar-refractivity contribution in [1.82, 2.24) is 5.32 Å². The van der Waals surface area contributed by atoms with Crippen LogP contribution >= 0.6 is 0 Å². The van der Waals surface area contributed by atoms with Crippen molar-refractivity contribution < 1.29 is 34.1 Å². The van der Waals surface area contributed by atoms with Crippen molar-refractivity contribution in [1.29, 1.82) is 0 Å². The zero-order valence-corrected chi connectivity index (χ0v) is 15.5. The van der Waals surface area contributed by atoms with Crippen molar-refractivity contribution >= 4 is 23.9 Å². The van der Waals surface area contributed by atoms with Gasteiger partial charge in [0.2, 0.25) is 5.91 Å². The Bertz CT molecular complexity index is 810. The monoisotopic (exact) mass is 402 g/mol. The van der Waals surface area contributed by atoms with E-state index in [1.165, 1.54) is 0 Å². The molecule has 0 aliphatic heterocycles. The van der Waals surface area contributed by atoms with Crippen LogP contribution in [0.15, 0.2) is 60.7 Å². The van der Waals surface area contributed by atoms with Crippen molar-refractivity contribution in [2.24, 2.45) is 5.73 Å². The van der Waals surface area contributed by atoms with E-state index in [9.17, 15) is 19.2 Å². The molecule has 29 heavy (non-hydrogen) atoms. The number of primary amides is 1. The van der Waals surface area contributed by atoms with Crippen LogP contribution in [0.25, 0.3) is 0 Å². The van der Waals surface area contributed by atoms with E-state index in [-0.39, 0.29) is 13.0 Å². The Kier molecular flexibility index (Phi) is 9.98. The highest BCUT2D eigenvalue weighted by Gasteiger charge is 2.22. The minimum absolute atomic E-state index is 0.00951. The van der Waals surface area contributed by atoms with Gasteiger partial charge in [0.15, 0.2) is 0 Å². The van der Waals surface area contributed by atoms with Crippen LogP contribution in [0.1, 0.15) is 17.5 Å². The second-order valence-corrected chi connectivity index (χ2v) is 5.82. The zero-order chi connectivity index (χ0) is 21.6. The quantitative estimate of drug-likeness (QED) is 0.522. The van der Waals surface area contributed by atoms with Crippen molar-refractivity contribution in [3.8, 4) is 0 Å². The Hall–Kier alpha value is -3.88. The van der Waals surface area contributed by atoms with E-state index in [2.05, 4.69) is 5.32 Å². The van der Waals surface area contributed by atoms with Crippen molar-refractivity contribution in [2.45, 2.75) is 25.5 Å². The summed E-state index contributed by atoms with van der Waals surface area (Å²) >= 11 is 0. The summed E-state index contributed by atoms with van der Waals surface area (Å²) in [6.45, 7) is 0.00951. The van der Waals surface area contributed by atoms with Gasteiger partial charge in [0.25, 0.3) is 0 Å². The number of carboxylic acid groups (broad SMARTS) is 2. The summed E-state index contributed by atoms with van der Waals surface area (Å²) in [6.07, 6.45) is -1.30. The van der Waals surface area contributed by atoms with Gasteiger partial charge in [0, 0.05) is 0 Å². The van der Waals surface area contributed by atoms with Gasteiger partial charge in [0.05, 0.1) is 12.8 Å². The first-order valence-corrected chi connectivity index (χ1v) is 8.52. The largest absolute Gasteiger partial charge is 0.481 e. The second-order valence-electron chi connectivity index (χ2n) is 5.82. The lowest BCUT2D eigenvalue weighted by atomic mass is 10.2. The molecule has 0 radical (unpaired) electrons. The summed E-state index contributed by atoms with van der Waals surface area (Å²) in [5.41, 5.74) is 6.48. The molecule has 0 unspecified atom stereocenters. The Labute approximate surface area is 167 Å². The van der Waals surface area contributed by atoms with Crippen LogP contribution in [0, 0.1) is 0 Å². The Morgan fingerprint density at radius 1 is 0.897 bits per heavy atom. The predicted octanol–water partition coefficient (Wildman–Crippen LogP) is 1.56. The molecule has 0 fully saturated rings. The molecule has 0 saturated heterocycles. The van der Waals surface area contributed by atoms with E-state index in [1.807, 2.05) is 24.3 Å². The molecule has 154 valence electrons. The SMILES string of the molecule is NC(=O)C[C@H](NC(=O)OCc1ccccc1)C(=O)O.O=C(O)Cc1ccccc1. The highest BCUT2D eigenvalue weighted by Crippen LogP contribution is 2.01. The first-order valence-electron chi connectivity index (χ1n) is 8.52. The summed E-state index contributed by atoms with van der Waals surface area (Å²) in [5.74, 6) is -2.96. The number of hydrogen-bond acceptors (Lipinski definition) is 5. The fourth-order valence-corrected chi connectivity index (χ4v) is 2.08. The van der Waals surface area contributed by atoms with Crippen LogP contribution in [0.3, 0.4) is 0 Å². The zero-order valence-electron chi connectivity index (χ0n) is 15.5. The van der Waals surface area contributed by atoms with E-state index < -0.39 is 36.4 Å². The van der Waals surface area contributed by atoms with E-state index >= 15 is 0 Å². The fraction of sp³-hybridized carbons (Fsp3) is 0.200. The van der Waals surface area contributed by atoms with Gasteiger partial charge >= 0.3 is 18.0 Å². The minimum Gasteiger partial charge on any atom is -0.481 e. The number of ether oxygens (including phenoxy) is 1. The molecule has 0 spiro atoms. The summed E-state index contributed by atoms with van der Waals surface area (Å²) in [6, 6.07) is 16.6. The third kappa shape index (κ3) is 10.8. The molecule has 9 nitrogen and oxygen atoms in total. The van der Waals surface area contributed by atoms with Crippen LogP contribution in [-0.4, -0.2) is 40.2 Å². The molecule has 2 rings (SSSR count). The molecule has 2 aromatic carbocycles. The van der Waals surface area contributed by atoms with Crippen LogP contribution in [0.2, 0.25) is 0 Å². The summed E-state index contributed by atoms with van der Waals surface area (Å²) in [5, 5.41) is 19.2. The maximum atomic E-state index is 11.4. The van der Waals surface area contributed by atoms with E-state index in [4.69, 9.17) is 20.7 Å². The number of carboxylic acids is 2. The fourth-order valence-electron chi connectivity index (χ4n) is 2.08. The topological polar surface area (TPSA) is 156 Å². The van der Waals surface area contributed by atoms with Gasteiger partial charge in [-0.1, -0.05) is 60.7 Å². The Morgan fingerprint density at radius 3 is 1.86 bits per heavy atom. The van der Waals surface area contributed by atoms with Crippen LogP contribution in [-0.2, 0) is 32.1 Å². The summed E-state index contributed by atoms with van der Waals surface area (Å²) < 4.78 is 4.82. The van der Waals surface area contributed by atoms with Crippen molar-refractivity contribution in [2.75, 3.05) is 0 Å². The molecule has 2 aromatic rings. The third-order valence-electron chi connectivity index (χ3n) is 3.41. The molecule has 0 bridgehead atoms. The van der Waals surface area contributed by atoms with E-state index in [1.54, 1.807) is 36.4 Å². The number of amides is 2. The smallest absolute Gasteiger partial charge is 0.408 e. The number of rotatable bonds is 8. The molecular formula is C20H22N2O7. The number of alkyl carbamates (subject to hydrolysis) is 1. The van der Waals surface area contributed by atoms with Crippen molar-refractivity contribution in [3.63, 3.8) is 0 Å². The molecule has 0 aliphatic rings. The number of nitrogens with two attached hydrogens (primary N) is 1. The lowest BCUT2D eigenvalue weighted by Crippen LogP contribution is -2.43. The number of benzene rings is 2. The van der Waals surface area contributed by atoms with Gasteiger partial charge in [-0.25, -0.2) is 9.59 Å². The van der Waals surface area contributed by atoms with Crippen LogP contribution < -0.4 is 11.1 Å². The molecular weight excluding hydrogens is 380 g/mol. The second kappa shape index (κ2) is 12.5. The molecule has 5 N–H and O–H groups in total. The molecule has 2 amide bonds. The lowest BCUT2D eigenvalue weighted by Gasteiger charge is -2.12. The van der Waals surface area contributed by atoms with Crippen LogP contribution in [0.4, 0.5) is 4.79 Å². The molecule has 0 aliphatic carbocycles. The van der Waals surface area contributed by atoms with Gasteiger partial charge < -0.3 is 26.0 Å². The molecule has 1 atom stereocenters. The lowest BCUT2D eigenvalue weighted by molar-refractivity contribution is -0.141. The Balaban J connectivity index is 0.000000352. The maximum absolute atomic E-state index is 11.4. The van der Waals surface area contributed by atoms with E-state index in [0.717, 1.165) is 11.1 Å². The van der Waals surface area contributed by atoms with E-state index in [0.29, 0.717) is 0 Å². The molecule has 9 heteroatoms. The van der Waals surface area contributed by atoms with Gasteiger partial charge in [-0.15, -0.1) is 0 Å². The van der Waals surface area contributed by atoms with Gasteiger partial charge in [0.1, 0.15) is 12.6 Å². The Morgan fingerprint density at radius 2 is 1.41 bits per heavy atom. The predicted molar refractivity (Wildman–Crippen MR) is 103 cm³/mol. The standard InChI is InChI=1S/C12H14N2O5.C8H8O2/c13-10(15)6-9(11(16)17)14-12(18)19-7-8-4-2-1-3-5-8;9-8(10)6-7-4-2-1-3-5-7/h1-5,9H,6-7H2,(H2,13,15)(H,14,18)(H,16,17);1-5H,6H2,(H,9,10)/t9-;/m0./s1. The first-order chi connectivity index (χ1) is 13.8. The number of hydrogen-bond donors (Lipinski definition) is 4. The first kappa shape index (κ1) is 23.2. The third-order valence-corrected chi connectivity index (χ3v) is 3.41. The molecule has 0 heterocycles. The number of nitrogens with one attached hydrogen (secondary N) is 1. The summed E-state index contributed by atoms with van der Waals surface area (Å²) in [7, 11) is 0. The summed E-state index contributed by atoms with van der Waals surface area (Å²) in [4.78, 5) is 42.9. The van der Waals surface area contributed by atoms with Crippen LogP contribution in [0.5, 0.6) is 0 Å². The normalized spacial score (nSPS) is 10.6. The van der Waals surface area contributed by atoms with Gasteiger partial charge in [-0.3, -0.25) is 9.59 Å². The molecule has 0 aromatic heterocycles. The minimum atomic E-state index is -1.39. The number of aliphatic carboxylic acids is 2. The average molecular weight is 402 g/mol.